The van der Waals surface area contributed by atoms with Crippen molar-refractivity contribution in [1.82, 2.24) is 10.6 Å². The number of carbonyl (C=O) groups excluding carboxylic acids is 3. The maximum absolute atomic E-state index is 14.7. The molecule has 172 valence electrons. The molecule has 32 heavy (non-hydrogen) atoms. The molecule has 7 nitrogen and oxygen atoms in total. The number of amides is 3. The summed E-state index contributed by atoms with van der Waals surface area (Å²) in [5, 5.41) is 4.94. The Morgan fingerprint density at radius 1 is 1.12 bits per heavy atom. The predicted molar refractivity (Wildman–Crippen MR) is 111 cm³/mol. The molecule has 2 heterocycles. The van der Waals surface area contributed by atoms with Crippen molar-refractivity contribution in [3.63, 3.8) is 0 Å². The molecule has 2 aliphatic heterocycles. The quantitative estimate of drug-likeness (QED) is 0.678. The monoisotopic (exact) mass is 447 g/mol. The summed E-state index contributed by atoms with van der Waals surface area (Å²) in [7, 11) is 0. The number of halogens is 2. The van der Waals surface area contributed by atoms with Gasteiger partial charge < -0.3 is 15.0 Å². The summed E-state index contributed by atoms with van der Waals surface area (Å²) in [6, 6.07) is 2.25. The first kappa shape index (κ1) is 21.2. The van der Waals surface area contributed by atoms with Crippen LogP contribution >= 0.6 is 0 Å². The van der Waals surface area contributed by atoms with Crippen LogP contribution in [0.2, 0.25) is 0 Å². The van der Waals surface area contributed by atoms with Gasteiger partial charge in [0.2, 0.25) is 11.8 Å². The van der Waals surface area contributed by atoms with E-state index in [0.29, 0.717) is 37.2 Å². The van der Waals surface area contributed by atoms with Crippen LogP contribution in [0.25, 0.3) is 0 Å². The average Bonchev–Trinajstić information content (AvgIpc) is 3.33. The number of carbonyl (C=O) groups is 3. The number of rotatable bonds is 5. The van der Waals surface area contributed by atoms with Crippen molar-refractivity contribution in [2.45, 2.75) is 50.5 Å². The molecule has 4 atom stereocenters. The van der Waals surface area contributed by atoms with Crippen molar-refractivity contribution in [1.29, 1.82) is 0 Å². The SMILES string of the molecule is O=C1CCC(c2c(F)cc(N3CC(NC(=O)OCC4CC5CCC4C5)C3)cc2F)C(=O)N1. The predicted octanol–water partition coefficient (Wildman–Crippen LogP) is 2.84. The average molecular weight is 447 g/mol. The van der Waals surface area contributed by atoms with Gasteiger partial charge in [0.05, 0.1) is 18.6 Å². The molecule has 1 aromatic rings. The van der Waals surface area contributed by atoms with Crippen molar-refractivity contribution in [2.75, 3.05) is 24.6 Å². The highest BCUT2D eigenvalue weighted by molar-refractivity contribution is 6.01. The van der Waals surface area contributed by atoms with E-state index < -0.39 is 35.5 Å². The molecule has 3 amide bonds. The van der Waals surface area contributed by atoms with Gasteiger partial charge in [0, 0.05) is 30.8 Å². The third-order valence-electron chi connectivity index (χ3n) is 7.53. The molecule has 5 rings (SSSR count). The van der Waals surface area contributed by atoms with Crippen LogP contribution in [0.5, 0.6) is 0 Å². The molecule has 4 fully saturated rings. The summed E-state index contributed by atoms with van der Waals surface area (Å²) >= 11 is 0. The third kappa shape index (κ3) is 4.04. The number of fused-ring (bicyclic) bond motifs is 2. The van der Waals surface area contributed by atoms with E-state index in [1.807, 2.05) is 0 Å². The van der Waals surface area contributed by atoms with E-state index in [0.717, 1.165) is 12.3 Å². The number of piperidine rings is 1. The molecule has 0 aromatic heterocycles. The van der Waals surface area contributed by atoms with Gasteiger partial charge in [-0.2, -0.15) is 0 Å². The Hall–Kier alpha value is -2.71. The van der Waals surface area contributed by atoms with Crippen molar-refractivity contribution in [2.24, 2.45) is 17.8 Å². The Bertz CT molecular complexity index is 926. The first-order valence-corrected chi connectivity index (χ1v) is 11.4. The summed E-state index contributed by atoms with van der Waals surface area (Å²) < 4.78 is 34.8. The van der Waals surface area contributed by atoms with Gasteiger partial charge in [0.25, 0.3) is 0 Å². The van der Waals surface area contributed by atoms with Crippen LogP contribution in [-0.2, 0) is 14.3 Å². The van der Waals surface area contributed by atoms with E-state index in [4.69, 9.17) is 4.74 Å². The van der Waals surface area contributed by atoms with Crippen LogP contribution in [0.4, 0.5) is 19.3 Å². The Labute approximate surface area is 184 Å². The van der Waals surface area contributed by atoms with E-state index in [-0.39, 0.29) is 24.4 Å². The fourth-order valence-electron chi connectivity index (χ4n) is 5.81. The lowest BCUT2D eigenvalue weighted by molar-refractivity contribution is -0.134. The number of alkyl carbamates (subject to hydrolysis) is 1. The normalized spacial score (nSPS) is 29.6. The fraction of sp³-hybridized carbons (Fsp3) is 0.609. The summed E-state index contributed by atoms with van der Waals surface area (Å²) in [6.45, 7) is 1.29. The summed E-state index contributed by atoms with van der Waals surface area (Å²) in [5.74, 6) is -1.77. The van der Waals surface area contributed by atoms with Gasteiger partial charge in [0.1, 0.15) is 11.6 Å². The van der Waals surface area contributed by atoms with Gasteiger partial charge in [-0.3, -0.25) is 14.9 Å². The molecule has 2 N–H and O–H groups in total. The Kier molecular flexibility index (Phi) is 5.51. The molecule has 2 bridgehead atoms. The minimum Gasteiger partial charge on any atom is -0.449 e. The number of hydrogen-bond acceptors (Lipinski definition) is 5. The van der Waals surface area contributed by atoms with Crippen LogP contribution in [0.3, 0.4) is 0 Å². The van der Waals surface area contributed by atoms with Crippen LogP contribution < -0.4 is 15.5 Å². The van der Waals surface area contributed by atoms with Gasteiger partial charge in [-0.05, 0) is 55.6 Å². The molecule has 2 aliphatic carbocycles. The van der Waals surface area contributed by atoms with Crippen LogP contribution in [0.15, 0.2) is 12.1 Å². The number of ether oxygens (including phenoxy) is 1. The molecule has 4 aliphatic rings. The highest BCUT2D eigenvalue weighted by Gasteiger charge is 2.40. The summed E-state index contributed by atoms with van der Waals surface area (Å²) in [6.07, 6.45) is 4.66. The smallest absolute Gasteiger partial charge is 0.407 e. The fourth-order valence-corrected chi connectivity index (χ4v) is 5.81. The second kappa shape index (κ2) is 8.33. The Morgan fingerprint density at radius 2 is 1.88 bits per heavy atom. The molecule has 0 spiro atoms. The number of nitrogens with one attached hydrogen (secondary N) is 2. The van der Waals surface area contributed by atoms with Crippen molar-refractivity contribution in [3.05, 3.63) is 29.3 Å². The second-order valence-corrected chi connectivity index (χ2v) is 9.61. The minimum atomic E-state index is -1.02. The number of hydrogen-bond donors (Lipinski definition) is 2. The van der Waals surface area contributed by atoms with Crippen LogP contribution in [0.1, 0.15) is 50.0 Å². The molecule has 2 saturated heterocycles. The van der Waals surface area contributed by atoms with Gasteiger partial charge in [-0.15, -0.1) is 0 Å². The van der Waals surface area contributed by atoms with E-state index >= 15 is 0 Å². The molecular formula is C23H27F2N3O4. The van der Waals surface area contributed by atoms with Crippen molar-refractivity contribution >= 4 is 23.6 Å². The van der Waals surface area contributed by atoms with Gasteiger partial charge in [-0.1, -0.05) is 6.42 Å². The van der Waals surface area contributed by atoms with Crippen molar-refractivity contribution in [3.8, 4) is 0 Å². The van der Waals surface area contributed by atoms with E-state index in [1.54, 1.807) is 4.90 Å². The minimum absolute atomic E-state index is 0.0502. The van der Waals surface area contributed by atoms with E-state index in [9.17, 15) is 23.2 Å². The molecule has 9 heteroatoms. The zero-order chi connectivity index (χ0) is 22.4. The third-order valence-corrected chi connectivity index (χ3v) is 7.53. The lowest BCUT2D eigenvalue weighted by atomic mass is 9.89. The lowest BCUT2D eigenvalue weighted by Crippen LogP contribution is -2.59. The van der Waals surface area contributed by atoms with Crippen LogP contribution in [-0.4, -0.2) is 43.6 Å². The Balaban J connectivity index is 1.12. The summed E-state index contributed by atoms with van der Waals surface area (Å²) in [4.78, 5) is 37.1. The highest BCUT2D eigenvalue weighted by Crippen LogP contribution is 2.48. The topological polar surface area (TPSA) is 87.7 Å². The van der Waals surface area contributed by atoms with E-state index in [1.165, 1.54) is 31.4 Å². The zero-order valence-corrected chi connectivity index (χ0v) is 17.7. The number of benzene rings is 1. The lowest BCUT2D eigenvalue weighted by Gasteiger charge is -2.41. The van der Waals surface area contributed by atoms with Gasteiger partial charge in [-0.25, -0.2) is 13.6 Å². The number of imide groups is 1. The number of anilines is 1. The molecule has 0 radical (unpaired) electrons. The molecule has 1 aromatic carbocycles. The first-order chi connectivity index (χ1) is 15.4. The molecule has 4 unspecified atom stereocenters. The Morgan fingerprint density at radius 3 is 2.50 bits per heavy atom. The standard InChI is InChI=1S/C23H27F2N3O4/c24-18-7-16(8-19(25)21(18)17-3-4-20(29)27-22(17)30)28-9-15(10-28)26-23(31)32-11-14-6-12-1-2-13(14)5-12/h7-8,12-15,17H,1-6,9-11H2,(H,26,31)(H,27,29,30). The molecular weight excluding hydrogens is 420 g/mol. The zero-order valence-electron chi connectivity index (χ0n) is 17.7. The first-order valence-electron chi connectivity index (χ1n) is 11.4. The van der Waals surface area contributed by atoms with Crippen LogP contribution in [0, 0.1) is 29.4 Å². The van der Waals surface area contributed by atoms with E-state index in [2.05, 4.69) is 10.6 Å². The van der Waals surface area contributed by atoms with Gasteiger partial charge >= 0.3 is 6.09 Å². The molecule has 2 saturated carbocycles. The van der Waals surface area contributed by atoms with Gasteiger partial charge in [0.15, 0.2) is 0 Å². The summed E-state index contributed by atoms with van der Waals surface area (Å²) in [5.41, 5.74) is 0.0441. The second-order valence-electron chi connectivity index (χ2n) is 9.61. The largest absolute Gasteiger partial charge is 0.449 e. The maximum atomic E-state index is 14.7. The number of nitrogens with zero attached hydrogens (tertiary/aromatic N) is 1. The van der Waals surface area contributed by atoms with Crippen molar-refractivity contribution < 1.29 is 27.9 Å². The maximum Gasteiger partial charge on any atom is 0.407 e. The highest BCUT2D eigenvalue weighted by atomic mass is 19.1.